The van der Waals surface area contributed by atoms with Crippen molar-refractivity contribution in [2.45, 2.75) is 38.2 Å². The van der Waals surface area contributed by atoms with Gasteiger partial charge in [-0.1, -0.05) is 6.92 Å². The molecule has 1 aliphatic carbocycles. The van der Waals surface area contributed by atoms with Crippen molar-refractivity contribution in [2.75, 3.05) is 0 Å². The average molecular weight is 389 g/mol. The molecule has 0 bridgehead atoms. The Bertz CT molecular complexity index is 923. The number of aryl methyl sites for hydroxylation is 1. The van der Waals surface area contributed by atoms with Gasteiger partial charge in [0.15, 0.2) is 0 Å². The van der Waals surface area contributed by atoms with Crippen LogP contribution < -0.4 is 0 Å². The number of nitrogens with zero attached hydrogens (tertiary/aromatic N) is 4. The second-order valence-corrected chi connectivity index (χ2v) is 7.42. The fourth-order valence-corrected chi connectivity index (χ4v) is 4.18. The van der Waals surface area contributed by atoms with Gasteiger partial charge >= 0.3 is 0 Å². The van der Waals surface area contributed by atoms with Crippen molar-refractivity contribution in [1.82, 2.24) is 19.3 Å². The van der Waals surface area contributed by atoms with Crippen molar-refractivity contribution < 1.29 is 5.11 Å². The summed E-state index contributed by atoms with van der Waals surface area (Å²) in [7, 11) is 3.98. The predicted octanol–water partition coefficient (Wildman–Crippen LogP) is 4.06. The second kappa shape index (κ2) is 5.70. The van der Waals surface area contributed by atoms with Gasteiger partial charge in [0.2, 0.25) is 0 Å². The SMILES string of the molecule is CCC(O)c1cc2nn(C)cc2cc1-c1nc(Br)c(C2CC2)n1C. The maximum atomic E-state index is 10.5. The fraction of sp³-hybridized carbons (Fsp3) is 0.444. The quantitative estimate of drug-likeness (QED) is 0.732. The number of imidazole rings is 1. The summed E-state index contributed by atoms with van der Waals surface area (Å²) in [6.45, 7) is 1.99. The van der Waals surface area contributed by atoms with E-state index in [0.29, 0.717) is 12.3 Å². The van der Waals surface area contributed by atoms with Crippen molar-refractivity contribution in [2.24, 2.45) is 14.1 Å². The number of hydrogen-bond donors (Lipinski definition) is 1. The lowest BCUT2D eigenvalue weighted by atomic mass is 9.98. The predicted molar refractivity (Wildman–Crippen MR) is 97.8 cm³/mol. The molecular weight excluding hydrogens is 368 g/mol. The number of halogens is 1. The molecule has 1 N–H and O–H groups in total. The number of hydrogen-bond acceptors (Lipinski definition) is 3. The molecule has 1 fully saturated rings. The summed E-state index contributed by atoms with van der Waals surface area (Å²) in [5.74, 6) is 1.50. The Morgan fingerprint density at radius 1 is 1.33 bits per heavy atom. The zero-order chi connectivity index (χ0) is 17.0. The monoisotopic (exact) mass is 388 g/mol. The third kappa shape index (κ3) is 2.48. The first-order valence-electron chi connectivity index (χ1n) is 8.37. The molecule has 1 unspecified atom stereocenters. The molecule has 24 heavy (non-hydrogen) atoms. The first kappa shape index (κ1) is 15.8. The van der Waals surface area contributed by atoms with Gasteiger partial charge in [0.05, 0.1) is 17.3 Å². The largest absolute Gasteiger partial charge is 0.388 e. The van der Waals surface area contributed by atoms with Gasteiger partial charge in [-0.15, -0.1) is 0 Å². The summed E-state index contributed by atoms with van der Waals surface area (Å²) in [6.07, 6.45) is 4.59. The minimum absolute atomic E-state index is 0.522. The molecule has 3 aromatic rings. The van der Waals surface area contributed by atoms with Crippen molar-refractivity contribution >= 4 is 26.8 Å². The van der Waals surface area contributed by atoms with E-state index in [1.807, 2.05) is 26.2 Å². The highest BCUT2D eigenvalue weighted by atomic mass is 79.9. The third-order valence-corrected chi connectivity index (χ3v) is 5.42. The summed E-state index contributed by atoms with van der Waals surface area (Å²) >= 11 is 3.63. The Labute approximate surface area is 149 Å². The molecule has 1 saturated carbocycles. The van der Waals surface area contributed by atoms with Crippen LogP contribution >= 0.6 is 15.9 Å². The average Bonchev–Trinajstić information content (AvgIpc) is 3.24. The standard InChI is InChI=1S/C18H21BrN4O/c1-4-15(24)12-8-14-11(9-22(2)21-14)7-13(12)18-20-17(19)16(23(18)3)10-5-6-10/h7-10,15,24H,4-6H2,1-3H3. The molecule has 6 heteroatoms. The van der Waals surface area contributed by atoms with Crippen LogP contribution in [0.3, 0.4) is 0 Å². The Hall–Kier alpha value is -1.66. The van der Waals surface area contributed by atoms with Crippen LogP contribution in [0.2, 0.25) is 0 Å². The molecule has 0 radical (unpaired) electrons. The van der Waals surface area contributed by atoms with Gasteiger partial charge in [0.25, 0.3) is 0 Å². The topological polar surface area (TPSA) is 55.9 Å². The van der Waals surface area contributed by atoms with Gasteiger partial charge in [-0.2, -0.15) is 5.10 Å². The maximum Gasteiger partial charge on any atom is 0.141 e. The van der Waals surface area contributed by atoms with Gasteiger partial charge in [-0.25, -0.2) is 4.98 Å². The first-order valence-corrected chi connectivity index (χ1v) is 9.16. The Morgan fingerprint density at radius 3 is 2.75 bits per heavy atom. The van der Waals surface area contributed by atoms with E-state index in [1.54, 1.807) is 4.68 Å². The van der Waals surface area contributed by atoms with E-state index in [2.05, 4.69) is 38.7 Å². The molecule has 0 amide bonds. The fourth-order valence-electron chi connectivity index (χ4n) is 3.42. The van der Waals surface area contributed by atoms with E-state index in [9.17, 15) is 5.11 Å². The zero-order valence-corrected chi connectivity index (χ0v) is 15.7. The smallest absolute Gasteiger partial charge is 0.141 e. The molecular formula is C18H21BrN4O. The van der Waals surface area contributed by atoms with E-state index < -0.39 is 6.10 Å². The minimum atomic E-state index is -0.522. The minimum Gasteiger partial charge on any atom is -0.388 e. The van der Waals surface area contributed by atoms with Gasteiger partial charge in [-0.3, -0.25) is 4.68 Å². The van der Waals surface area contributed by atoms with E-state index >= 15 is 0 Å². The van der Waals surface area contributed by atoms with Crippen LogP contribution in [0.15, 0.2) is 22.9 Å². The van der Waals surface area contributed by atoms with Gasteiger partial charge in [-0.05, 0) is 52.9 Å². The summed E-state index contributed by atoms with van der Waals surface area (Å²) in [4.78, 5) is 4.77. The summed E-state index contributed by atoms with van der Waals surface area (Å²) in [5.41, 5.74) is 4.04. The Balaban J connectivity index is 1.96. The van der Waals surface area contributed by atoms with Crippen LogP contribution in [-0.2, 0) is 14.1 Å². The van der Waals surface area contributed by atoms with Crippen LogP contribution in [0, 0.1) is 0 Å². The van der Waals surface area contributed by atoms with Crippen LogP contribution in [-0.4, -0.2) is 24.4 Å². The van der Waals surface area contributed by atoms with Crippen LogP contribution in [0.1, 0.15) is 49.5 Å². The lowest BCUT2D eigenvalue weighted by molar-refractivity contribution is 0.174. The molecule has 1 aromatic carbocycles. The number of aromatic nitrogens is 4. The molecule has 0 saturated heterocycles. The molecule has 1 atom stereocenters. The van der Waals surface area contributed by atoms with E-state index in [4.69, 9.17) is 4.98 Å². The van der Waals surface area contributed by atoms with Gasteiger partial charge < -0.3 is 9.67 Å². The molecule has 0 aliphatic heterocycles. The number of rotatable bonds is 4. The number of benzene rings is 1. The normalized spacial score (nSPS) is 16.0. The molecule has 2 heterocycles. The number of fused-ring (bicyclic) bond motifs is 1. The van der Waals surface area contributed by atoms with Gasteiger partial charge in [0.1, 0.15) is 10.4 Å². The lowest BCUT2D eigenvalue weighted by Crippen LogP contribution is -2.03. The molecule has 0 spiro atoms. The van der Waals surface area contributed by atoms with E-state index in [1.165, 1.54) is 18.5 Å². The highest BCUT2D eigenvalue weighted by Crippen LogP contribution is 2.45. The number of aliphatic hydroxyl groups is 1. The zero-order valence-electron chi connectivity index (χ0n) is 14.1. The molecule has 2 aromatic heterocycles. The Morgan fingerprint density at radius 2 is 2.08 bits per heavy atom. The first-order chi connectivity index (χ1) is 11.5. The molecule has 5 nitrogen and oxygen atoms in total. The van der Waals surface area contributed by atoms with E-state index in [0.717, 1.165) is 32.5 Å². The summed E-state index contributed by atoms with van der Waals surface area (Å²) in [6, 6.07) is 4.10. The van der Waals surface area contributed by atoms with Crippen LogP contribution in [0.25, 0.3) is 22.3 Å². The molecule has 1 aliphatic rings. The Kier molecular flexibility index (Phi) is 3.77. The highest BCUT2D eigenvalue weighted by molar-refractivity contribution is 9.10. The van der Waals surface area contributed by atoms with Crippen molar-refractivity contribution in [3.8, 4) is 11.4 Å². The third-order valence-electron chi connectivity index (χ3n) is 4.84. The van der Waals surface area contributed by atoms with Crippen molar-refractivity contribution in [3.05, 3.63) is 34.2 Å². The van der Waals surface area contributed by atoms with Gasteiger partial charge in [0, 0.05) is 37.2 Å². The number of aliphatic hydroxyl groups excluding tert-OH is 1. The summed E-state index contributed by atoms with van der Waals surface area (Å²) in [5, 5.41) is 16.1. The van der Waals surface area contributed by atoms with Crippen molar-refractivity contribution in [3.63, 3.8) is 0 Å². The highest BCUT2D eigenvalue weighted by Gasteiger charge is 2.31. The second-order valence-electron chi connectivity index (χ2n) is 6.67. The molecule has 126 valence electrons. The van der Waals surface area contributed by atoms with Crippen LogP contribution in [0.5, 0.6) is 0 Å². The van der Waals surface area contributed by atoms with Crippen LogP contribution in [0.4, 0.5) is 0 Å². The van der Waals surface area contributed by atoms with Crippen molar-refractivity contribution in [1.29, 1.82) is 0 Å². The van der Waals surface area contributed by atoms with E-state index in [-0.39, 0.29) is 0 Å². The maximum absolute atomic E-state index is 10.5. The molecule has 4 rings (SSSR count). The lowest BCUT2D eigenvalue weighted by Gasteiger charge is -2.15. The summed E-state index contributed by atoms with van der Waals surface area (Å²) < 4.78 is 4.90.